The molecule has 0 aromatic heterocycles. The van der Waals surface area contributed by atoms with E-state index in [1.807, 2.05) is 12.1 Å². The van der Waals surface area contributed by atoms with Crippen LogP contribution in [0.2, 0.25) is 10.0 Å². The van der Waals surface area contributed by atoms with Gasteiger partial charge in [0.1, 0.15) is 0 Å². The number of hydrogen-bond donors (Lipinski definition) is 1. The first-order valence-corrected chi connectivity index (χ1v) is 7.09. The average Bonchev–Trinajstić information content (AvgIpc) is 2.28. The zero-order valence-electron chi connectivity index (χ0n) is 11.3. The molecule has 2 unspecified atom stereocenters. The highest BCUT2D eigenvalue weighted by molar-refractivity contribution is 6.34. The monoisotopic (exact) mass is 288 g/mol. The number of likely N-dealkylation sites (N-methyl/N-ethyl adjacent to an activating group) is 1. The van der Waals surface area contributed by atoms with Crippen molar-refractivity contribution in [3.8, 4) is 0 Å². The molecule has 0 spiro atoms. The minimum absolute atomic E-state index is 0.162. The summed E-state index contributed by atoms with van der Waals surface area (Å²) in [7, 11) is 2.10. The minimum atomic E-state index is 0.162. The van der Waals surface area contributed by atoms with Crippen molar-refractivity contribution in [1.82, 2.24) is 4.90 Å². The number of nitrogens with two attached hydrogens (primary N) is 1. The van der Waals surface area contributed by atoms with E-state index in [2.05, 4.69) is 25.8 Å². The molecule has 18 heavy (non-hydrogen) atoms. The van der Waals surface area contributed by atoms with Crippen molar-refractivity contribution in [3.05, 3.63) is 33.8 Å². The SMILES string of the molecule is CCC(C)CN(C)C(CN)c1cc(Cl)cc(Cl)c1. The zero-order chi connectivity index (χ0) is 13.7. The molecule has 0 amide bonds. The van der Waals surface area contributed by atoms with Crippen LogP contribution in [-0.4, -0.2) is 25.0 Å². The summed E-state index contributed by atoms with van der Waals surface area (Å²) in [5.74, 6) is 0.652. The fourth-order valence-electron chi connectivity index (χ4n) is 2.09. The van der Waals surface area contributed by atoms with Crippen LogP contribution in [0.1, 0.15) is 31.9 Å². The number of rotatable bonds is 6. The van der Waals surface area contributed by atoms with Crippen molar-refractivity contribution >= 4 is 23.2 Å². The Morgan fingerprint density at radius 1 is 1.22 bits per heavy atom. The van der Waals surface area contributed by atoms with Crippen LogP contribution in [0.25, 0.3) is 0 Å². The summed E-state index contributed by atoms with van der Waals surface area (Å²) < 4.78 is 0. The zero-order valence-corrected chi connectivity index (χ0v) is 12.8. The van der Waals surface area contributed by atoms with Crippen LogP contribution in [0.3, 0.4) is 0 Å². The molecular formula is C14H22Cl2N2. The Labute approximate surface area is 120 Å². The van der Waals surface area contributed by atoms with Crippen molar-refractivity contribution in [2.24, 2.45) is 11.7 Å². The molecule has 2 N–H and O–H groups in total. The highest BCUT2D eigenvalue weighted by atomic mass is 35.5. The summed E-state index contributed by atoms with van der Waals surface area (Å²) >= 11 is 12.1. The van der Waals surface area contributed by atoms with Crippen molar-refractivity contribution in [2.45, 2.75) is 26.3 Å². The van der Waals surface area contributed by atoms with Crippen molar-refractivity contribution in [3.63, 3.8) is 0 Å². The van der Waals surface area contributed by atoms with Crippen LogP contribution in [0.5, 0.6) is 0 Å². The van der Waals surface area contributed by atoms with Crippen LogP contribution in [0.4, 0.5) is 0 Å². The topological polar surface area (TPSA) is 29.3 Å². The molecule has 0 radical (unpaired) electrons. The smallest absolute Gasteiger partial charge is 0.0468 e. The third-order valence-corrected chi connectivity index (χ3v) is 3.76. The normalized spacial score (nSPS) is 14.8. The first-order chi connectivity index (χ1) is 8.47. The van der Waals surface area contributed by atoms with E-state index in [0.29, 0.717) is 22.5 Å². The molecule has 1 aromatic carbocycles. The number of benzene rings is 1. The maximum atomic E-state index is 6.05. The van der Waals surface area contributed by atoms with Crippen molar-refractivity contribution in [2.75, 3.05) is 20.1 Å². The lowest BCUT2D eigenvalue weighted by molar-refractivity contribution is 0.215. The molecule has 1 rings (SSSR count). The fourth-order valence-corrected chi connectivity index (χ4v) is 2.63. The van der Waals surface area contributed by atoms with Gasteiger partial charge < -0.3 is 5.73 Å². The Kier molecular flexibility index (Phi) is 6.44. The molecule has 0 saturated heterocycles. The van der Waals surface area contributed by atoms with E-state index in [4.69, 9.17) is 28.9 Å². The van der Waals surface area contributed by atoms with Crippen molar-refractivity contribution in [1.29, 1.82) is 0 Å². The molecule has 4 heteroatoms. The third kappa shape index (κ3) is 4.43. The lowest BCUT2D eigenvalue weighted by Gasteiger charge is -2.29. The van der Waals surface area contributed by atoms with Crippen LogP contribution in [0.15, 0.2) is 18.2 Å². The Morgan fingerprint density at radius 3 is 2.22 bits per heavy atom. The maximum absolute atomic E-state index is 6.05. The van der Waals surface area contributed by atoms with E-state index < -0.39 is 0 Å². The van der Waals surface area contributed by atoms with E-state index in [-0.39, 0.29) is 6.04 Å². The van der Waals surface area contributed by atoms with E-state index in [0.717, 1.165) is 18.5 Å². The second-order valence-electron chi connectivity index (χ2n) is 4.91. The lowest BCUT2D eigenvalue weighted by Crippen LogP contribution is -2.33. The Balaban J connectivity index is 2.87. The van der Waals surface area contributed by atoms with Crippen molar-refractivity contribution < 1.29 is 0 Å². The van der Waals surface area contributed by atoms with Gasteiger partial charge in [-0.15, -0.1) is 0 Å². The summed E-state index contributed by atoms with van der Waals surface area (Å²) in [5, 5.41) is 1.32. The largest absolute Gasteiger partial charge is 0.329 e. The molecule has 0 aliphatic heterocycles. The van der Waals surface area contributed by atoms with Gasteiger partial charge in [-0.3, -0.25) is 4.90 Å². The molecule has 2 atom stereocenters. The van der Waals surface area contributed by atoms with Gasteiger partial charge in [-0.25, -0.2) is 0 Å². The average molecular weight is 289 g/mol. The molecular weight excluding hydrogens is 267 g/mol. The number of halogens is 2. The van der Waals surface area contributed by atoms with Gasteiger partial charge >= 0.3 is 0 Å². The summed E-state index contributed by atoms with van der Waals surface area (Å²) in [5.41, 5.74) is 6.98. The molecule has 0 aliphatic carbocycles. The van der Waals surface area contributed by atoms with Gasteiger partial charge in [0.2, 0.25) is 0 Å². The predicted octanol–water partition coefficient (Wildman–Crippen LogP) is 3.97. The molecule has 102 valence electrons. The first-order valence-electron chi connectivity index (χ1n) is 6.34. The minimum Gasteiger partial charge on any atom is -0.329 e. The second kappa shape index (κ2) is 7.34. The Bertz CT molecular complexity index is 362. The third-order valence-electron chi connectivity index (χ3n) is 3.32. The molecule has 0 bridgehead atoms. The molecule has 2 nitrogen and oxygen atoms in total. The lowest BCUT2D eigenvalue weighted by atomic mass is 10.0. The van der Waals surface area contributed by atoms with E-state index in [9.17, 15) is 0 Å². The van der Waals surface area contributed by atoms with Crippen LogP contribution < -0.4 is 5.73 Å². The number of hydrogen-bond acceptors (Lipinski definition) is 2. The molecule has 0 heterocycles. The predicted molar refractivity (Wildman–Crippen MR) is 80.3 cm³/mol. The Hall–Kier alpha value is -0.280. The standard InChI is InChI=1S/C14H22Cl2N2/c1-4-10(2)9-18(3)14(8-17)11-5-12(15)7-13(16)6-11/h5-7,10,14H,4,8-9,17H2,1-3H3. The maximum Gasteiger partial charge on any atom is 0.0468 e. The van der Waals surface area contributed by atoms with E-state index in [1.165, 1.54) is 0 Å². The van der Waals surface area contributed by atoms with Gasteiger partial charge in [-0.2, -0.15) is 0 Å². The number of nitrogens with zero attached hydrogens (tertiary/aromatic N) is 1. The molecule has 0 saturated carbocycles. The summed E-state index contributed by atoms with van der Waals surface area (Å²) in [4.78, 5) is 2.27. The van der Waals surface area contributed by atoms with Crippen LogP contribution in [-0.2, 0) is 0 Å². The second-order valence-corrected chi connectivity index (χ2v) is 5.78. The Morgan fingerprint density at radius 2 is 1.78 bits per heavy atom. The summed E-state index contributed by atoms with van der Waals surface area (Å²) in [6, 6.07) is 5.79. The molecule has 1 aromatic rings. The van der Waals surface area contributed by atoms with Gasteiger partial charge in [-0.1, -0.05) is 43.5 Å². The van der Waals surface area contributed by atoms with E-state index in [1.54, 1.807) is 6.07 Å². The van der Waals surface area contributed by atoms with Gasteiger partial charge in [0, 0.05) is 29.2 Å². The first kappa shape index (κ1) is 15.8. The molecule has 0 fully saturated rings. The summed E-state index contributed by atoms with van der Waals surface area (Å²) in [6.07, 6.45) is 1.16. The fraction of sp³-hybridized carbons (Fsp3) is 0.571. The molecule has 0 aliphatic rings. The van der Waals surface area contributed by atoms with Gasteiger partial charge in [-0.05, 0) is 36.7 Å². The highest BCUT2D eigenvalue weighted by Crippen LogP contribution is 2.26. The van der Waals surface area contributed by atoms with Gasteiger partial charge in [0.05, 0.1) is 0 Å². The quantitative estimate of drug-likeness (QED) is 0.858. The highest BCUT2D eigenvalue weighted by Gasteiger charge is 2.17. The van der Waals surface area contributed by atoms with Crippen LogP contribution >= 0.6 is 23.2 Å². The van der Waals surface area contributed by atoms with E-state index >= 15 is 0 Å². The summed E-state index contributed by atoms with van der Waals surface area (Å²) in [6.45, 7) is 6.02. The van der Waals surface area contributed by atoms with Gasteiger partial charge in [0.15, 0.2) is 0 Å². The van der Waals surface area contributed by atoms with Crippen LogP contribution in [0, 0.1) is 5.92 Å². The van der Waals surface area contributed by atoms with Gasteiger partial charge in [0.25, 0.3) is 0 Å².